The van der Waals surface area contributed by atoms with E-state index in [1.807, 2.05) is 12.1 Å². The second-order valence-corrected chi connectivity index (χ2v) is 17.3. The van der Waals surface area contributed by atoms with Crippen LogP contribution in [-0.2, 0) is 26.6 Å². The van der Waals surface area contributed by atoms with E-state index in [9.17, 15) is 9.13 Å². The summed E-state index contributed by atoms with van der Waals surface area (Å²) in [5, 5.41) is 0.834. The number of benzene rings is 2. The molecular weight excluding hydrogens is 450 g/mol. The molecule has 6 nitrogen and oxygen atoms in total. The third kappa shape index (κ3) is 8.10. The Bertz CT molecular complexity index is 872. The average Bonchev–Trinajstić information content (AvgIpc) is 2.59. The number of hydrogen-bond donors (Lipinski definition) is 0. The summed E-state index contributed by atoms with van der Waals surface area (Å²) in [6.45, 7) is 14.2. The van der Waals surface area contributed by atoms with Gasteiger partial charge in [0, 0.05) is 0 Å². The van der Waals surface area contributed by atoms with Gasteiger partial charge < -0.3 is 8.43 Å². The van der Waals surface area contributed by atoms with Crippen molar-refractivity contribution in [1.29, 1.82) is 0 Å². The molecule has 0 aliphatic rings. The highest BCUT2D eigenvalue weighted by atomic mass is 31.2. The fourth-order valence-corrected chi connectivity index (χ4v) is 11.7. The van der Waals surface area contributed by atoms with E-state index < -0.39 is 35.0 Å². The molecule has 0 saturated carbocycles. The predicted molar refractivity (Wildman–Crippen MR) is 129 cm³/mol. The van der Waals surface area contributed by atoms with Gasteiger partial charge in [0.05, 0.1) is 21.8 Å². The summed E-state index contributed by atoms with van der Waals surface area (Å²) in [7, 11) is -10.9. The number of hydrogen-bond acceptors (Lipinski definition) is 6. The van der Waals surface area contributed by atoms with Crippen molar-refractivity contribution in [2.45, 2.75) is 65.8 Å². The van der Waals surface area contributed by atoms with E-state index in [1.54, 1.807) is 103 Å². The zero-order valence-corrected chi connectivity index (χ0v) is 22.4. The Morgan fingerprint density at radius 2 is 0.903 bits per heavy atom. The first-order valence-corrected chi connectivity index (χ1v) is 16.1. The Kier molecular flexibility index (Phi) is 7.98. The van der Waals surface area contributed by atoms with E-state index in [2.05, 4.69) is 0 Å². The topological polar surface area (TPSA) is 71.1 Å². The number of rotatable bonds is 8. The van der Waals surface area contributed by atoms with Crippen LogP contribution in [0.15, 0.2) is 60.7 Å². The molecule has 2 aromatic carbocycles. The van der Waals surface area contributed by atoms with Crippen LogP contribution in [0, 0.1) is 0 Å². The highest BCUT2D eigenvalue weighted by Crippen LogP contribution is 2.58. The highest BCUT2D eigenvalue weighted by molar-refractivity contribution is 7.65. The zero-order chi connectivity index (χ0) is 23.6. The van der Waals surface area contributed by atoms with Crippen molar-refractivity contribution in [1.82, 2.24) is 0 Å². The van der Waals surface area contributed by atoms with Crippen LogP contribution in [0.3, 0.4) is 0 Å². The van der Waals surface area contributed by atoms with Crippen molar-refractivity contribution in [3.8, 4) is 0 Å². The van der Waals surface area contributed by atoms with Crippen molar-refractivity contribution in [2.24, 2.45) is 0 Å². The monoisotopic (exact) mass is 484 g/mol. The third-order valence-electron chi connectivity index (χ3n) is 3.61. The van der Waals surface area contributed by atoms with E-state index in [4.69, 9.17) is 17.5 Å². The molecule has 0 aromatic heterocycles. The van der Waals surface area contributed by atoms with Gasteiger partial charge in [-0.3, -0.25) is 18.2 Å². The minimum Gasteiger partial charge on any atom is -0.320 e. The maximum atomic E-state index is 13.9. The molecule has 0 aliphatic carbocycles. The minimum absolute atomic E-state index is 0.417. The van der Waals surface area contributed by atoms with Crippen molar-refractivity contribution < 1.29 is 26.6 Å². The maximum absolute atomic E-state index is 13.9. The van der Waals surface area contributed by atoms with E-state index >= 15 is 0 Å². The molecular formula is C22H34O6P2Si. The molecule has 2 aromatic rings. The van der Waals surface area contributed by atoms with Crippen LogP contribution < -0.4 is 10.6 Å². The molecule has 0 aliphatic heterocycles. The summed E-state index contributed by atoms with van der Waals surface area (Å²) in [5.74, 6) is 0. The second-order valence-electron chi connectivity index (χ2n) is 9.66. The van der Waals surface area contributed by atoms with Gasteiger partial charge in [0.1, 0.15) is 0 Å². The lowest BCUT2D eigenvalue weighted by molar-refractivity contribution is 0.107. The van der Waals surface area contributed by atoms with Gasteiger partial charge in [0.15, 0.2) is 0 Å². The second kappa shape index (κ2) is 9.44. The molecule has 0 bridgehead atoms. The van der Waals surface area contributed by atoms with Crippen LogP contribution >= 0.6 is 15.2 Å². The normalized spacial score (nSPS) is 17.0. The Balaban J connectivity index is 2.44. The molecule has 2 rings (SSSR count). The van der Waals surface area contributed by atoms with Crippen LogP contribution in [0.5, 0.6) is 0 Å². The molecule has 0 heterocycles. The molecule has 0 saturated heterocycles. The molecule has 0 fully saturated rings. The Labute approximate surface area is 187 Å². The van der Waals surface area contributed by atoms with Gasteiger partial charge in [0.25, 0.3) is 0 Å². The highest BCUT2D eigenvalue weighted by Gasteiger charge is 2.47. The Hall–Kier alpha value is -1.04. The molecule has 31 heavy (non-hydrogen) atoms. The predicted octanol–water partition coefficient (Wildman–Crippen LogP) is 6.39. The van der Waals surface area contributed by atoms with Crippen LogP contribution in [0.4, 0.5) is 0 Å². The van der Waals surface area contributed by atoms with Crippen LogP contribution in [0.2, 0.25) is 13.1 Å². The largest absolute Gasteiger partial charge is 0.353 e. The third-order valence-corrected chi connectivity index (χ3v) is 12.5. The summed E-state index contributed by atoms with van der Waals surface area (Å²) in [6.07, 6.45) is 0. The lowest BCUT2D eigenvalue weighted by Crippen LogP contribution is -2.38. The van der Waals surface area contributed by atoms with Crippen molar-refractivity contribution in [2.75, 3.05) is 0 Å². The smallest absolute Gasteiger partial charge is 0.320 e. The van der Waals surface area contributed by atoms with Crippen LogP contribution in [-0.4, -0.2) is 19.8 Å². The first-order chi connectivity index (χ1) is 14.0. The lowest BCUT2D eigenvalue weighted by atomic mass is 10.2. The summed E-state index contributed by atoms with van der Waals surface area (Å²) in [5.41, 5.74) is -1.47. The molecule has 2 unspecified atom stereocenters. The fourth-order valence-electron chi connectivity index (χ4n) is 2.79. The average molecular weight is 485 g/mol. The summed E-state index contributed by atoms with van der Waals surface area (Å²) in [4.78, 5) is 0. The zero-order valence-electron chi connectivity index (χ0n) is 19.6. The van der Waals surface area contributed by atoms with Gasteiger partial charge in [-0.1, -0.05) is 36.4 Å². The van der Waals surface area contributed by atoms with E-state index in [-0.39, 0.29) is 0 Å². The van der Waals surface area contributed by atoms with E-state index in [0.29, 0.717) is 10.6 Å². The molecule has 2 atom stereocenters. The molecule has 0 amide bonds. The molecule has 0 N–H and O–H groups in total. The van der Waals surface area contributed by atoms with E-state index in [1.165, 1.54) is 0 Å². The lowest BCUT2D eigenvalue weighted by Gasteiger charge is -2.36. The Morgan fingerprint density at radius 3 is 1.16 bits per heavy atom. The summed E-state index contributed by atoms with van der Waals surface area (Å²) in [6, 6.07) is 17.5. The van der Waals surface area contributed by atoms with Gasteiger partial charge in [-0.2, -0.15) is 0 Å². The molecule has 0 radical (unpaired) electrons. The summed E-state index contributed by atoms with van der Waals surface area (Å²) < 4.78 is 52.0. The molecule has 172 valence electrons. The fraction of sp³-hybridized carbons (Fsp3) is 0.455. The van der Waals surface area contributed by atoms with Crippen molar-refractivity contribution >= 4 is 34.4 Å². The maximum Gasteiger partial charge on any atom is 0.353 e. The van der Waals surface area contributed by atoms with Gasteiger partial charge in [-0.25, -0.2) is 0 Å². The quantitative estimate of drug-likeness (QED) is 0.319. The van der Waals surface area contributed by atoms with Gasteiger partial charge >= 0.3 is 23.8 Å². The van der Waals surface area contributed by atoms with Crippen LogP contribution in [0.1, 0.15) is 41.5 Å². The SMILES string of the molecule is CC(C)(C)OP(=O)(O[Si](C)(C)OP(=O)(OC(C)(C)C)c1ccccc1)c1ccccc1. The van der Waals surface area contributed by atoms with Crippen molar-refractivity contribution in [3.63, 3.8) is 0 Å². The van der Waals surface area contributed by atoms with Crippen LogP contribution in [0.25, 0.3) is 0 Å². The van der Waals surface area contributed by atoms with E-state index in [0.717, 1.165) is 0 Å². The van der Waals surface area contributed by atoms with Gasteiger partial charge in [-0.15, -0.1) is 0 Å². The minimum atomic E-state index is -3.78. The first-order valence-electron chi connectivity index (χ1n) is 10.2. The first kappa shape index (κ1) is 26.2. The summed E-state index contributed by atoms with van der Waals surface area (Å²) >= 11 is 0. The standard InChI is InChI=1S/C22H34O6P2Si/c1-21(2,3)25-29(23,19-15-11-9-12-16-19)27-31(7,8)28-30(24,26-22(4,5)6)20-17-13-10-14-18-20/h9-18H,1-8H3. The molecule has 9 heteroatoms. The van der Waals surface area contributed by atoms with Crippen molar-refractivity contribution in [3.05, 3.63) is 60.7 Å². The van der Waals surface area contributed by atoms with Gasteiger partial charge in [0.2, 0.25) is 0 Å². The Morgan fingerprint density at radius 1 is 0.613 bits per heavy atom. The van der Waals surface area contributed by atoms with Gasteiger partial charge in [-0.05, 0) is 78.9 Å². The molecule has 0 spiro atoms.